The Kier molecular flexibility index (Phi) is 2.70. The fraction of sp³-hybridized carbons (Fsp3) is 0.182. The number of rotatable bonds is 3. The van der Waals surface area contributed by atoms with Crippen LogP contribution in [0.1, 0.15) is 22.4 Å². The predicted molar refractivity (Wildman–Crippen MR) is 62.8 cm³/mol. The zero-order chi connectivity index (χ0) is 11.7. The molecule has 84 valence electrons. The largest absolute Gasteiger partial charge is 0.477 e. The number of nitrogens with two attached hydrogens (primary N) is 1. The van der Waals surface area contributed by atoms with E-state index in [1.54, 1.807) is 12.3 Å². The van der Waals surface area contributed by atoms with Crippen molar-refractivity contribution < 1.29 is 14.3 Å². The summed E-state index contributed by atoms with van der Waals surface area (Å²) in [5, 5.41) is 8.91. The van der Waals surface area contributed by atoms with Crippen molar-refractivity contribution in [1.82, 2.24) is 0 Å². The summed E-state index contributed by atoms with van der Waals surface area (Å²) in [6.07, 6.45) is 2.37. The monoisotopic (exact) mass is 237 g/mol. The van der Waals surface area contributed by atoms with Crippen LogP contribution < -0.4 is 5.73 Å². The Hall–Kier alpha value is -1.75. The number of anilines is 1. The summed E-state index contributed by atoms with van der Waals surface area (Å²) in [6, 6.07) is 3.51. The van der Waals surface area contributed by atoms with Crippen molar-refractivity contribution >= 4 is 23.0 Å². The molecule has 0 spiro atoms. The molecule has 2 aromatic rings. The van der Waals surface area contributed by atoms with Gasteiger partial charge in [0.05, 0.1) is 12.0 Å². The first-order valence-electron chi connectivity index (χ1n) is 4.82. The Balaban J connectivity index is 2.49. The topological polar surface area (TPSA) is 76.5 Å². The molecule has 0 amide bonds. The minimum Gasteiger partial charge on any atom is -0.477 e. The van der Waals surface area contributed by atoms with Gasteiger partial charge in [-0.3, -0.25) is 0 Å². The molecule has 3 N–H and O–H groups in total. The number of carboxylic acids is 1. The molecule has 0 bridgehead atoms. The highest BCUT2D eigenvalue weighted by Gasteiger charge is 2.16. The Morgan fingerprint density at radius 1 is 1.62 bits per heavy atom. The van der Waals surface area contributed by atoms with Gasteiger partial charge in [-0.05, 0) is 12.1 Å². The summed E-state index contributed by atoms with van der Waals surface area (Å²) in [6.45, 7) is 1.98. The zero-order valence-electron chi connectivity index (χ0n) is 8.69. The van der Waals surface area contributed by atoms with Crippen molar-refractivity contribution in [1.29, 1.82) is 0 Å². The molecule has 0 aliphatic heterocycles. The Labute approximate surface area is 96.3 Å². The van der Waals surface area contributed by atoms with Crippen LogP contribution in [-0.2, 0) is 6.42 Å². The van der Waals surface area contributed by atoms with Crippen molar-refractivity contribution in [2.45, 2.75) is 13.3 Å². The molecule has 0 fully saturated rings. The second-order valence-electron chi connectivity index (χ2n) is 3.31. The second kappa shape index (κ2) is 4.02. The molecular formula is C11H11NO3S. The maximum atomic E-state index is 10.9. The SMILES string of the molecule is CCc1occc1-c1cc(N)c(C(=O)O)s1. The number of aryl methyl sites for hydroxylation is 1. The van der Waals surface area contributed by atoms with E-state index in [1.807, 2.05) is 13.0 Å². The van der Waals surface area contributed by atoms with Gasteiger partial charge in [-0.25, -0.2) is 4.79 Å². The minimum absolute atomic E-state index is 0.179. The fourth-order valence-electron chi connectivity index (χ4n) is 1.54. The maximum absolute atomic E-state index is 10.9. The third-order valence-corrected chi connectivity index (χ3v) is 3.46. The molecule has 0 aromatic carbocycles. The average Bonchev–Trinajstić information content (AvgIpc) is 2.82. The lowest BCUT2D eigenvalue weighted by atomic mass is 10.2. The lowest BCUT2D eigenvalue weighted by Crippen LogP contribution is -1.96. The highest BCUT2D eigenvalue weighted by atomic mass is 32.1. The van der Waals surface area contributed by atoms with E-state index in [9.17, 15) is 4.79 Å². The van der Waals surface area contributed by atoms with Crippen molar-refractivity contribution in [3.05, 3.63) is 29.0 Å². The Bertz CT molecular complexity index is 527. The summed E-state index contributed by atoms with van der Waals surface area (Å²) in [5.41, 5.74) is 6.86. The molecule has 0 aliphatic carbocycles. The Morgan fingerprint density at radius 3 is 2.94 bits per heavy atom. The van der Waals surface area contributed by atoms with Crippen molar-refractivity contribution in [2.75, 3.05) is 5.73 Å². The molecule has 0 radical (unpaired) electrons. The summed E-state index contributed by atoms with van der Waals surface area (Å²) in [5.74, 6) is -0.145. The van der Waals surface area contributed by atoms with Gasteiger partial charge in [0.1, 0.15) is 10.6 Å². The Morgan fingerprint density at radius 2 is 2.38 bits per heavy atom. The summed E-state index contributed by atoms with van der Waals surface area (Å²) in [4.78, 5) is 11.9. The number of nitrogen functional groups attached to an aromatic ring is 1. The number of thiophene rings is 1. The van der Waals surface area contributed by atoms with Crippen LogP contribution in [0.2, 0.25) is 0 Å². The molecule has 2 aromatic heterocycles. The number of hydrogen-bond donors (Lipinski definition) is 2. The van der Waals surface area contributed by atoms with E-state index >= 15 is 0 Å². The molecule has 0 saturated carbocycles. The fourth-order valence-corrected chi connectivity index (χ4v) is 2.50. The predicted octanol–water partition coefficient (Wildman–Crippen LogP) is 2.85. The van der Waals surface area contributed by atoms with Gasteiger partial charge in [-0.2, -0.15) is 0 Å². The van der Waals surface area contributed by atoms with E-state index in [2.05, 4.69) is 0 Å². The lowest BCUT2D eigenvalue weighted by molar-refractivity contribution is 0.0703. The molecule has 2 rings (SSSR count). The van der Waals surface area contributed by atoms with Crippen LogP contribution >= 0.6 is 11.3 Å². The lowest BCUT2D eigenvalue weighted by Gasteiger charge is -1.94. The van der Waals surface area contributed by atoms with Gasteiger partial charge >= 0.3 is 5.97 Å². The second-order valence-corrected chi connectivity index (χ2v) is 4.36. The van der Waals surface area contributed by atoms with Gasteiger partial charge in [0.15, 0.2) is 0 Å². The quantitative estimate of drug-likeness (QED) is 0.860. The van der Waals surface area contributed by atoms with E-state index in [1.165, 1.54) is 11.3 Å². The van der Waals surface area contributed by atoms with Crippen molar-refractivity contribution in [3.8, 4) is 10.4 Å². The normalized spacial score (nSPS) is 10.6. The minimum atomic E-state index is -0.990. The first kappa shape index (κ1) is 10.8. The van der Waals surface area contributed by atoms with Crippen LogP contribution in [0.3, 0.4) is 0 Å². The number of furan rings is 1. The highest BCUT2D eigenvalue weighted by molar-refractivity contribution is 7.18. The molecule has 0 saturated heterocycles. The van der Waals surface area contributed by atoms with Crippen LogP contribution in [0.15, 0.2) is 22.8 Å². The number of carbonyl (C=O) groups is 1. The summed E-state index contributed by atoms with van der Waals surface area (Å²) in [7, 11) is 0. The third kappa shape index (κ3) is 1.69. The average molecular weight is 237 g/mol. The number of hydrogen-bond acceptors (Lipinski definition) is 4. The molecule has 0 aliphatic rings. The molecule has 16 heavy (non-hydrogen) atoms. The van der Waals surface area contributed by atoms with Crippen LogP contribution in [-0.4, -0.2) is 11.1 Å². The van der Waals surface area contributed by atoms with E-state index in [0.717, 1.165) is 22.6 Å². The molecule has 0 unspecified atom stereocenters. The standard InChI is InChI=1S/C11H11NO3S/c1-2-8-6(3-4-15-8)9-5-7(12)10(16-9)11(13)14/h3-5H,2,12H2,1H3,(H,13,14). The van der Waals surface area contributed by atoms with Crippen molar-refractivity contribution in [3.63, 3.8) is 0 Å². The van der Waals surface area contributed by atoms with Crippen LogP contribution in [0.25, 0.3) is 10.4 Å². The summed E-state index contributed by atoms with van der Waals surface area (Å²) >= 11 is 1.17. The molecule has 2 heterocycles. The molecule has 0 atom stereocenters. The highest BCUT2D eigenvalue weighted by Crippen LogP contribution is 2.35. The first-order chi connectivity index (χ1) is 7.63. The van der Waals surface area contributed by atoms with E-state index in [4.69, 9.17) is 15.3 Å². The molecular weight excluding hydrogens is 226 g/mol. The smallest absolute Gasteiger partial charge is 0.348 e. The van der Waals surface area contributed by atoms with Gasteiger partial charge in [-0.1, -0.05) is 6.92 Å². The van der Waals surface area contributed by atoms with Gasteiger partial charge in [0.25, 0.3) is 0 Å². The third-order valence-electron chi connectivity index (χ3n) is 2.29. The van der Waals surface area contributed by atoms with Crippen LogP contribution in [0, 0.1) is 0 Å². The zero-order valence-corrected chi connectivity index (χ0v) is 9.50. The van der Waals surface area contributed by atoms with Crippen molar-refractivity contribution in [2.24, 2.45) is 0 Å². The van der Waals surface area contributed by atoms with Gasteiger partial charge in [-0.15, -0.1) is 11.3 Å². The van der Waals surface area contributed by atoms with E-state index in [-0.39, 0.29) is 4.88 Å². The number of aromatic carboxylic acids is 1. The van der Waals surface area contributed by atoms with Gasteiger partial charge in [0, 0.05) is 16.9 Å². The maximum Gasteiger partial charge on any atom is 0.348 e. The van der Waals surface area contributed by atoms with E-state index in [0.29, 0.717) is 5.69 Å². The molecule has 4 nitrogen and oxygen atoms in total. The number of carboxylic acid groups (broad SMARTS) is 1. The van der Waals surface area contributed by atoms with Crippen LogP contribution in [0.5, 0.6) is 0 Å². The first-order valence-corrected chi connectivity index (χ1v) is 5.64. The van der Waals surface area contributed by atoms with Gasteiger partial charge < -0.3 is 15.3 Å². The van der Waals surface area contributed by atoms with Gasteiger partial charge in [0.2, 0.25) is 0 Å². The van der Waals surface area contributed by atoms with E-state index < -0.39 is 5.97 Å². The van der Waals surface area contributed by atoms with Crippen LogP contribution in [0.4, 0.5) is 5.69 Å². The molecule has 5 heteroatoms. The summed E-state index contributed by atoms with van der Waals surface area (Å²) < 4.78 is 5.30.